The van der Waals surface area contributed by atoms with E-state index in [2.05, 4.69) is 36.4 Å². The Morgan fingerprint density at radius 2 is 2.14 bits per heavy atom. The predicted octanol–water partition coefficient (Wildman–Crippen LogP) is 2.86. The molecular weight excluding hydrogens is 363 g/mol. The highest BCUT2D eigenvalue weighted by atomic mass is 79.9. The summed E-state index contributed by atoms with van der Waals surface area (Å²) in [7, 11) is 0. The zero-order valence-corrected chi connectivity index (χ0v) is 12.7. The molecule has 0 spiro atoms. The molecule has 0 amide bonds. The van der Waals surface area contributed by atoms with Gasteiger partial charge in [-0.15, -0.1) is 5.10 Å². The van der Waals surface area contributed by atoms with Gasteiger partial charge in [-0.05, 0) is 44.6 Å². The molecule has 106 valence electrons. The Hall–Kier alpha value is -2.06. The molecule has 0 bridgehead atoms. The monoisotopic (exact) mass is 368 g/mol. The van der Waals surface area contributed by atoms with Crippen LogP contribution in [-0.4, -0.2) is 25.2 Å². The van der Waals surface area contributed by atoms with E-state index < -0.39 is 5.82 Å². The molecule has 1 aromatic carbocycles. The lowest BCUT2D eigenvalue weighted by Gasteiger charge is -2.08. The highest BCUT2D eigenvalue weighted by Crippen LogP contribution is 2.28. The van der Waals surface area contributed by atoms with Crippen molar-refractivity contribution in [2.45, 2.75) is 0 Å². The summed E-state index contributed by atoms with van der Waals surface area (Å²) < 4.78 is 16.1. The normalized spacial score (nSPS) is 10.8. The minimum atomic E-state index is -0.600. The summed E-state index contributed by atoms with van der Waals surface area (Å²) >= 11 is 9.08. The second-order valence-electron chi connectivity index (χ2n) is 4.07. The molecule has 0 aliphatic carbocycles. The summed E-state index contributed by atoms with van der Waals surface area (Å²) in [5.74, 6) is -0.201. The highest BCUT2D eigenvalue weighted by Gasteiger charge is 2.18. The SMILES string of the molecule is Nc1ncc(Br)cc1-n1nnnc1-c1cccc(Cl)c1F. The molecule has 0 aliphatic rings. The van der Waals surface area contributed by atoms with Gasteiger partial charge in [0.15, 0.2) is 11.6 Å². The first kappa shape index (κ1) is 13.9. The highest BCUT2D eigenvalue weighted by molar-refractivity contribution is 9.10. The minimum Gasteiger partial charge on any atom is -0.382 e. The topological polar surface area (TPSA) is 82.5 Å². The predicted molar refractivity (Wildman–Crippen MR) is 79.5 cm³/mol. The molecule has 2 heterocycles. The molecule has 2 aromatic heterocycles. The Morgan fingerprint density at radius 3 is 2.95 bits per heavy atom. The van der Waals surface area contributed by atoms with Crippen molar-refractivity contribution in [3.63, 3.8) is 0 Å². The van der Waals surface area contributed by atoms with E-state index in [1.807, 2.05) is 0 Å². The molecule has 2 N–H and O–H groups in total. The smallest absolute Gasteiger partial charge is 0.190 e. The Bertz CT molecular complexity index is 805. The summed E-state index contributed by atoms with van der Waals surface area (Å²) in [6.07, 6.45) is 1.54. The maximum atomic E-state index is 14.1. The molecule has 6 nitrogen and oxygen atoms in total. The molecule has 0 unspecified atom stereocenters. The van der Waals surface area contributed by atoms with E-state index in [1.54, 1.807) is 18.3 Å². The lowest BCUT2D eigenvalue weighted by molar-refractivity contribution is 0.629. The van der Waals surface area contributed by atoms with Gasteiger partial charge in [0.2, 0.25) is 0 Å². The Morgan fingerprint density at radius 1 is 1.33 bits per heavy atom. The molecule has 3 rings (SSSR count). The zero-order valence-electron chi connectivity index (χ0n) is 10.3. The van der Waals surface area contributed by atoms with Crippen molar-refractivity contribution in [1.82, 2.24) is 25.2 Å². The van der Waals surface area contributed by atoms with E-state index in [4.69, 9.17) is 17.3 Å². The number of anilines is 1. The molecule has 0 atom stereocenters. The van der Waals surface area contributed by atoms with E-state index in [0.717, 1.165) is 0 Å². The van der Waals surface area contributed by atoms with Crippen LogP contribution in [0.25, 0.3) is 17.1 Å². The second kappa shape index (κ2) is 5.38. The van der Waals surface area contributed by atoms with E-state index in [0.29, 0.717) is 10.2 Å². The van der Waals surface area contributed by atoms with Crippen molar-refractivity contribution < 1.29 is 4.39 Å². The average molecular weight is 370 g/mol. The number of nitrogen functional groups attached to an aromatic ring is 1. The number of aromatic nitrogens is 5. The number of nitrogens with two attached hydrogens (primary N) is 1. The van der Waals surface area contributed by atoms with Crippen LogP contribution in [0.2, 0.25) is 5.02 Å². The van der Waals surface area contributed by atoms with Crippen molar-refractivity contribution in [1.29, 1.82) is 0 Å². The number of rotatable bonds is 2. The fourth-order valence-electron chi connectivity index (χ4n) is 1.80. The Kier molecular flexibility index (Phi) is 3.56. The van der Waals surface area contributed by atoms with Crippen molar-refractivity contribution in [3.8, 4) is 17.1 Å². The van der Waals surface area contributed by atoms with Gasteiger partial charge in [-0.2, -0.15) is 4.68 Å². The Balaban J connectivity index is 2.22. The third-order valence-electron chi connectivity index (χ3n) is 2.75. The van der Waals surface area contributed by atoms with Crippen LogP contribution in [0, 0.1) is 5.82 Å². The number of hydrogen-bond donors (Lipinski definition) is 1. The van der Waals surface area contributed by atoms with Gasteiger partial charge >= 0.3 is 0 Å². The maximum Gasteiger partial charge on any atom is 0.190 e. The number of tetrazole rings is 1. The molecule has 0 radical (unpaired) electrons. The van der Waals surface area contributed by atoms with E-state index in [1.165, 1.54) is 16.8 Å². The van der Waals surface area contributed by atoms with E-state index in [-0.39, 0.29) is 22.2 Å². The number of benzene rings is 1. The molecule has 9 heteroatoms. The minimum absolute atomic E-state index is 0.0117. The summed E-state index contributed by atoms with van der Waals surface area (Å²) in [5.41, 5.74) is 6.43. The van der Waals surface area contributed by atoms with Gasteiger partial charge in [-0.25, -0.2) is 9.37 Å². The van der Waals surface area contributed by atoms with Crippen LogP contribution in [0.15, 0.2) is 34.9 Å². The number of nitrogens with zero attached hydrogens (tertiary/aromatic N) is 5. The number of pyridine rings is 1. The first-order valence-corrected chi connectivity index (χ1v) is 6.89. The van der Waals surface area contributed by atoms with Gasteiger partial charge in [0.1, 0.15) is 11.5 Å². The van der Waals surface area contributed by atoms with Crippen LogP contribution >= 0.6 is 27.5 Å². The molecule has 0 saturated heterocycles. The van der Waals surface area contributed by atoms with Crippen molar-refractivity contribution in [3.05, 3.63) is 45.8 Å². The van der Waals surface area contributed by atoms with Crippen molar-refractivity contribution in [2.75, 3.05) is 5.73 Å². The van der Waals surface area contributed by atoms with Crippen LogP contribution in [0.3, 0.4) is 0 Å². The van der Waals surface area contributed by atoms with Crippen molar-refractivity contribution >= 4 is 33.3 Å². The largest absolute Gasteiger partial charge is 0.382 e. The fourth-order valence-corrected chi connectivity index (χ4v) is 2.30. The van der Waals surface area contributed by atoms with Gasteiger partial charge < -0.3 is 5.73 Å². The summed E-state index contributed by atoms with van der Waals surface area (Å²) in [6, 6.07) is 6.28. The molecule has 0 fully saturated rings. The Labute approximate surface area is 131 Å². The van der Waals surface area contributed by atoms with Gasteiger partial charge in [0.25, 0.3) is 0 Å². The van der Waals surface area contributed by atoms with E-state index >= 15 is 0 Å². The molecule has 0 aliphatic heterocycles. The third-order valence-corrected chi connectivity index (χ3v) is 3.48. The van der Waals surface area contributed by atoms with Crippen LogP contribution in [-0.2, 0) is 0 Å². The summed E-state index contributed by atoms with van der Waals surface area (Å²) in [4.78, 5) is 4.00. The van der Waals surface area contributed by atoms with Crippen LogP contribution < -0.4 is 5.73 Å². The van der Waals surface area contributed by atoms with Crippen molar-refractivity contribution in [2.24, 2.45) is 0 Å². The van der Waals surface area contributed by atoms with Gasteiger partial charge in [0, 0.05) is 10.7 Å². The van der Waals surface area contributed by atoms with Gasteiger partial charge in [0.05, 0.1) is 10.6 Å². The first-order valence-electron chi connectivity index (χ1n) is 5.72. The number of hydrogen-bond acceptors (Lipinski definition) is 5. The van der Waals surface area contributed by atoms with Gasteiger partial charge in [-0.1, -0.05) is 17.7 Å². The fraction of sp³-hybridized carbons (Fsp3) is 0. The third kappa shape index (κ3) is 2.47. The van der Waals surface area contributed by atoms with Gasteiger partial charge in [-0.3, -0.25) is 0 Å². The average Bonchev–Trinajstić information content (AvgIpc) is 2.93. The lowest BCUT2D eigenvalue weighted by atomic mass is 10.2. The molecule has 0 saturated carbocycles. The maximum absolute atomic E-state index is 14.1. The summed E-state index contributed by atoms with van der Waals surface area (Å²) in [6.45, 7) is 0. The van der Waals surface area contributed by atoms with Crippen LogP contribution in [0.5, 0.6) is 0 Å². The lowest BCUT2D eigenvalue weighted by Crippen LogP contribution is -2.06. The molecular formula is C12H7BrClFN6. The van der Waals surface area contributed by atoms with Crippen LogP contribution in [0.1, 0.15) is 0 Å². The van der Waals surface area contributed by atoms with E-state index in [9.17, 15) is 4.39 Å². The standard InChI is InChI=1S/C12H7BrClFN6/c13-6-4-9(11(16)17-5-6)21-12(18-19-20-21)7-2-1-3-8(14)10(7)15/h1-5H,(H2,16,17). The molecule has 3 aromatic rings. The second-order valence-corrected chi connectivity index (χ2v) is 5.40. The number of halogens is 3. The quantitative estimate of drug-likeness (QED) is 0.751. The van der Waals surface area contributed by atoms with Crippen LogP contribution in [0.4, 0.5) is 10.2 Å². The zero-order chi connectivity index (χ0) is 15.0. The first-order chi connectivity index (χ1) is 10.1. The molecule has 21 heavy (non-hydrogen) atoms. The summed E-state index contributed by atoms with van der Waals surface area (Å²) in [5, 5.41) is 11.2.